The molecule has 1 aromatic rings. The molecule has 3 nitrogen and oxygen atoms in total. The Bertz CT molecular complexity index is 343. The molecule has 1 amide bonds. The molecule has 0 aromatic carbocycles. The fourth-order valence-electron chi connectivity index (χ4n) is 0.601. The van der Waals surface area contributed by atoms with Gasteiger partial charge in [-0.2, -0.15) is 4.99 Å². The summed E-state index contributed by atoms with van der Waals surface area (Å²) >= 11 is 4.21. The first kappa shape index (κ1) is 8.64. The van der Waals surface area contributed by atoms with Gasteiger partial charge in [-0.1, -0.05) is 0 Å². The van der Waals surface area contributed by atoms with E-state index < -0.39 is 11.7 Å². The minimum Gasteiger partial charge on any atom is -0.264 e. The molecule has 0 N–H and O–H groups in total. The maximum absolute atomic E-state index is 12.3. The number of rotatable bonds is 1. The number of carbonyl (C=O) groups excluding carboxylic acids is 1. The van der Waals surface area contributed by atoms with Crippen LogP contribution in [0.15, 0.2) is 23.3 Å². The van der Waals surface area contributed by atoms with Gasteiger partial charge in [-0.15, -0.1) is 0 Å². The Balaban J connectivity index is 2.97. The standard InChI is InChI=1S/C7H3FN2OS/c8-5-1-2-6(9-3-5)7(11)10-4-12/h1-3H. The Morgan fingerprint density at radius 2 is 2.42 bits per heavy atom. The third kappa shape index (κ3) is 2.02. The Labute approximate surface area is 73.0 Å². The maximum atomic E-state index is 12.3. The molecule has 0 radical (unpaired) electrons. The highest BCUT2D eigenvalue weighted by molar-refractivity contribution is 7.78. The van der Waals surface area contributed by atoms with Crippen LogP contribution in [0.2, 0.25) is 0 Å². The lowest BCUT2D eigenvalue weighted by molar-refractivity contribution is 0.0999. The molecule has 0 saturated carbocycles. The van der Waals surface area contributed by atoms with E-state index in [1.165, 1.54) is 6.07 Å². The van der Waals surface area contributed by atoms with Crippen molar-refractivity contribution in [3.8, 4) is 0 Å². The zero-order chi connectivity index (χ0) is 8.97. The smallest absolute Gasteiger partial charge is 0.264 e. The summed E-state index contributed by atoms with van der Waals surface area (Å²) in [7, 11) is 0. The molecule has 12 heavy (non-hydrogen) atoms. The first-order chi connectivity index (χ1) is 5.74. The van der Waals surface area contributed by atoms with Gasteiger partial charge in [-0.3, -0.25) is 4.79 Å². The van der Waals surface area contributed by atoms with Gasteiger partial charge in [0, 0.05) is 0 Å². The van der Waals surface area contributed by atoms with Crippen molar-refractivity contribution in [3.05, 3.63) is 29.8 Å². The van der Waals surface area contributed by atoms with Crippen LogP contribution in [0.3, 0.4) is 0 Å². The monoisotopic (exact) mass is 182 g/mol. The topological polar surface area (TPSA) is 42.3 Å². The Morgan fingerprint density at radius 3 is 2.92 bits per heavy atom. The minimum atomic E-state index is -0.620. The highest BCUT2D eigenvalue weighted by Gasteiger charge is 2.03. The van der Waals surface area contributed by atoms with Crippen LogP contribution in [-0.2, 0) is 0 Å². The van der Waals surface area contributed by atoms with Crippen molar-refractivity contribution in [2.75, 3.05) is 0 Å². The average molecular weight is 182 g/mol. The summed E-state index contributed by atoms with van der Waals surface area (Å²) in [5.41, 5.74) is 0.0498. The number of pyridine rings is 1. The van der Waals surface area contributed by atoms with Crippen LogP contribution in [0, 0.1) is 5.82 Å². The molecule has 1 aromatic heterocycles. The lowest BCUT2D eigenvalue weighted by atomic mass is 10.3. The molecule has 60 valence electrons. The number of nitrogens with zero attached hydrogens (tertiary/aromatic N) is 2. The van der Waals surface area contributed by atoms with Gasteiger partial charge in [0.25, 0.3) is 0 Å². The highest BCUT2D eigenvalue weighted by Crippen LogP contribution is 1.99. The average Bonchev–Trinajstić information content (AvgIpc) is 2.06. The number of halogens is 1. The predicted molar refractivity (Wildman–Crippen MR) is 43.6 cm³/mol. The van der Waals surface area contributed by atoms with E-state index in [9.17, 15) is 9.18 Å². The number of isothiocyanates is 1. The van der Waals surface area contributed by atoms with E-state index in [2.05, 4.69) is 22.2 Å². The molecule has 1 heterocycles. The fraction of sp³-hybridized carbons (Fsp3) is 0. The van der Waals surface area contributed by atoms with Crippen LogP contribution in [0.4, 0.5) is 4.39 Å². The van der Waals surface area contributed by atoms with Gasteiger partial charge < -0.3 is 0 Å². The van der Waals surface area contributed by atoms with Crippen molar-refractivity contribution in [3.63, 3.8) is 0 Å². The van der Waals surface area contributed by atoms with Crippen molar-refractivity contribution in [2.45, 2.75) is 0 Å². The van der Waals surface area contributed by atoms with E-state index in [1.54, 1.807) is 0 Å². The second kappa shape index (κ2) is 3.80. The number of amides is 1. The molecule has 5 heteroatoms. The first-order valence-electron chi connectivity index (χ1n) is 2.98. The van der Waals surface area contributed by atoms with Gasteiger partial charge in [0.2, 0.25) is 0 Å². The van der Waals surface area contributed by atoms with Gasteiger partial charge in [0.05, 0.1) is 11.4 Å². The molecule has 0 spiro atoms. The van der Waals surface area contributed by atoms with E-state index in [1.807, 2.05) is 5.16 Å². The Morgan fingerprint density at radius 1 is 1.67 bits per heavy atom. The highest BCUT2D eigenvalue weighted by atomic mass is 32.1. The third-order valence-electron chi connectivity index (χ3n) is 1.09. The predicted octanol–water partition coefficient (Wildman–Crippen LogP) is 1.46. The van der Waals surface area contributed by atoms with Crippen molar-refractivity contribution in [1.82, 2.24) is 4.98 Å². The van der Waals surface area contributed by atoms with Crippen LogP contribution in [-0.4, -0.2) is 16.1 Å². The molecular formula is C7H3FN2OS. The normalized spacial score (nSPS) is 8.75. The molecule has 0 atom stereocenters. The summed E-state index contributed by atoms with van der Waals surface area (Å²) in [6.45, 7) is 0. The summed E-state index contributed by atoms with van der Waals surface area (Å²) in [6, 6.07) is 2.35. The molecule has 0 aliphatic carbocycles. The minimum absolute atomic E-state index is 0.0498. The van der Waals surface area contributed by atoms with Crippen molar-refractivity contribution < 1.29 is 9.18 Å². The molecule has 0 aliphatic rings. The lowest BCUT2D eigenvalue weighted by Gasteiger charge is -1.90. The number of carbonyl (C=O) groups is 1. The van der Waals surface area contributed by atoms with Crippen LogP contribution in [0.1, 0.15) is 10.5 Å². The Kier molecular flexibility index (Phi) is 2.74. The third-order valence-corrected chi connectivity index (χ3v) is 1.18. The summed E-state index contributed by atoms with van der Waals surface area (Å²) in [6.07, 6.45) is 0.937. The van der Waals surface area contributed by atoms with Gasteiger partial charge >= 0.3 is 5.91 Å². The van der Waals surface area contributed by atoms with Crippen molar-refractivity contribution in [1.29, 1.82) is 0 Å². The zero-order valence-electron chi connectivity index (χ0n) is 5.82. The summed E-state index contributed by atoms with van der Waals surface area (Å²) in [5.74, 6) is -1.12. The molecule has 0 fully saturated rings. The van der Waals surface area contributed by atoms with E-state index in [-0.39, 0.29) is 5.69 Å². The van der Waals surface area contributed by atoms with Gasteiger partial charge in [0.15, 0.2) is 0 Å². The zero-order valence-corrected chi connectivity index (χ0v) is 6.64. The number of hydrogen-bond acceptors (Lipinski definition) is 3. The lowest BCUT2D eigenvalue weighted by Crippen LogP contribution is -1.97. The SMILES string of the molecule is O=C(N=C=S)c1ccc(F)cn1. The van der Waals surface area contributed by atoms with E-state index >= 15 is 0 Å². The molecule has 0 aliphatic heterocycles. The maximum Gasteiger partial charge on any atom is 0.304 e. The van der Waals surface area contributed by atoms with Crippen LogP contribution >= 0.6 is 12.2 Å². The van der Waals surface area contributed by atoms with Gasteiger partial charge in [0.1, 0.15) is 11.5 Å². The molecule has 0 saturated heterocycles. The van der Waals surface area contributed by atoms with Crippen LogP contribution in [0.25, 0.3) is 0 Å². The largest absolute Gasteiger partial charge is 0.304 e. The first-order valence-corrected chi connectivity index (χ1v) is 3.38. The van der Waals surface area contributed by atoms with Gasteiger partial charge in [-0.25, -0.2) is 9.37 Å². The number of thiocarbonyl (C=S) groups is 1. The van der Waals surface area contributed by atoms with E-state index in [0.717, 1.165) is 12.3 Å². The van der Waals surface area contributed by atoms with E-state index in [0.29, 0.717) is 0 Å². The van der Waals surface area contributed by atoms with E-state index in [4.69, 9.17) is 0 Å². The summed E-state index contributed by atoms with van der Waals surface area (Å²) < 4.78 is 12.3. The number of aromatic nitrogens is 1. The number of aliphatic imine (C=N–C) groups is 1. The second-order valence-corrected chi connectivity index (χ2v) is 2.05. The quantitative estimate of drug-likeness (QED) is 0.487. The van der Waals surface area contributed by atoms with Crippen LogP contribution in [0.5, 0.6) is 0 Å². The van der Waals surface area contributed by atoms with Crippen LogP contribution < -0.4 is 0 Å². The fourth-order valence-corrected chi connectivity index (χ4v) is 0.684. The van der Waals surface area contributed by atoms with Crippen molar-refractivity contribution in [2.24, 2.45) is 4.99 Å². The summed E-state index contributed by atoms with van der Waals surface area (Å²) in [5, 5.41) is 1.91. The second-order valence-electron chi connectivity index (χ2n) is 1.87. The van der Waals surface area contributed by atoms with Crippen molar-refractivity contribution >= 4 is 23.3 Å². The Hall–Kier alpha value is -1.45. The molecule has 0 bridgehead atoms. The van der Waals surface area contributed by atoms with Gasteiger partial charge in [-0.05, 0) is 24.4 Å². The molecule has 1 rings (SSSR count). The molecular weight excluding hydrogens is 179 g/mol. The molecule has 0 unspecified atom stereocenters. The summed E-state index contributed by atoms with van der Waals surface area (Å²) in [4.78, 5) is 17.5. The number of hydrogen-bond donors (Lipinski definition) is 0.